The fourth-order valence-electron chi connectivity index (χ4n) is 1.10. The van der Waals surface area contributed by atoms with Gasteiger partial charge in [0, 0.05) is 6.04 Å². The molecule has 0 aromatic heterocycles. The van der Waals surface area contributed by atoms with Crippen molar-refractivity contribution in [2.75, 3.05) is 0 Å². The van der Waals surface area contributed by atoms with Gasteiger partial charge in [-0.1, -0.05) is 12.2 Å². The van der Waals surface area contributed by atoms with Crippen molar-refractivity contribution >= 4 is 5.97 Å². The maximum atomic E-state index is 10.4. The van der Waals surface area contributed by atoms with Gasteiger partial charge < -0.3 is 10.8 Å². The van der Waals surface area contributed by atoms with Crippen LogP contribution in [0, 0.1) is 5.92 Å². The van der Waals surface area contributed by atoms with Gasteiger partial charge in [-0.2, -0.15) is 0 Å². The van der Waals surface area contributed by atoms with E-state index in [1.165, 1.54) is 0 Å². The molecule has 10 heavy (non-hydrogen) atoms. The third-order valence-corrected chi connectivity index (χ3v) is 1.68. The average molecular weight is 141 g/mol. The number of carboxylic acid groups (broad SMARTS) is 1. The Morgan fingerprint density at radius 1 is 1.70 bits per heavy atom. The van der Waals surface area contributed by atoms with Crippen molar-refractivity contribution in [1.82, 2.24) is 0 Å². The Morgan fingerprint density at radius 3 is 2.80 bits per heavy atom. The maximum Gasteiger partial charge on any atom is 0.310 e. The zero-order valence-electron chi connectivity index (χ0n) is 5.66. The van der Waals surface area contributed by atoms with E-state index < -0.39 is 5.97 Å². The normalized spacial score (nSPS) is 32.1. The van der Waals surface area contributed by atoms with Crippen LogP contribution in [0.25, 0.3) is 0 Å². The molecule has 3 heteroatoms. The molecule has 2 atom stereocenters. The van der Waals surface area contributed by atoms with Crippen molar-refractivity contribution in [3.63, 3.8) is 0 Å². The Bertz CT molecular complexity index is 165. The van der Waals surface area contributed by atoms with Crippen LogP contribution in [0.1, 0.15) is 12.8 Å². The Balaban J connectivity index is 2.55. The fraction of sp³-hybridized carbons (Fsp3) is 0.571. The predicted octanol–water partition coefficient (Wildman–Crippen LogP) is 0.364. The molecular weight excluding hydrogens is 130 g/mol. The average Bonchev–Trinajstić information content (AvgIpc) is 1.88. The van der Waals surface area contributed by atoms with E-state index in [1.807, 2.05) is 6.08 Å². The third-order valence-electron chi connectivity index (χ3n) is 1.68. The molecule has 1 aliphatic rings. The van der Waals surface area contributed by atoms with Crippen LogP contribution >= 0.6 is 0 Å². The third kappa shape index (κ3) is 1.57. The standard InChI is InChI=1S/C7H11NO2/c8-6-3-1-2-5(4-6)7(9)10/h1-2,5-6H,3-4,8H2,(H,9,10). The monoisotopic (exact) mass is 141 g/mol. The quantitative estimate of drug-likeness (QED) is 0.518. The lowest BCUT2D eigenvalue weighted by Crippen LogP contribution is -2.28. The van der Waals surface area contributed by atoms with E-state index in [0.29, 0.717) is 6.42 Å². The first-order valence-corrected chi connectivity index (χ1v) is 3.35. The maximum absolute atomic E-state index is 10.4. The molecule has 56 valence electrons. The fourth-order valence-corrected chi connectivity index (χ4v) is 1.10. The van der Waals surface area contributed by atoms with Gasteiger partial charge in [0.2, 0.25) is 0 Å². The summed E-state index contributed by atoms with van der Waals surface area (Å²) in [5.74, 6) is -1.13. The van der Waals surface area contributed by atoms with Gasteiger partial charge in [-0.25, -0.2) is 0 Å². The highest BCUT2D eigenvalue weighted by atomic mass is 16.4. The molecule has 2 unspecified atom stereocenters. The van der Waals surface area contributed by atoms with Crippen LogP contribution in [0.3, 0.4) is 0 Å². The smallest absolute Gasteiger partial charge is 0.310 e. The molecule has 1 aliphatic carbocycles. The first-order valence-electron chi connectivity index (χ1n) is 3.35. The molecule has 0 saturated carbocycles. The summed E-state index contributed by atoms with van der Waals surface area (Å²) in [4.78, 5) is 10.4. The molecule has 0 aliphatic heterocycles. The van der Waals surface area contributed by atoms with E-state index in [1.54, 1.807) is 6.08 Å². The summed E-state index contributed by atoms with van der Waals surface area (Å²) in [6.07, 6.45) is 4.94. The van der Waals surface area contributed by atoms with Crippen LogP contribution in [0.5, 0.6) is 0 Å². The highest BCUT2D eigenvalue weighted by Crippen LogP contribution is 2.15. The number of hydrogen-bond donors (Lipinski definition) is 2. The Morgan fingerprint density at radius 2 is 2.40 bits per heavy atom. The summed E-state index contributed by atoms with van der Waals surface area (Å²) in [6.45, 7) is 0. The predicted molar refractivity (Wildman–Crippen MR) is 37.5 cm³/mol. The van der Waals surface area contributed by atoms with Crippen LogP contribution < -0.4 is 5.73 Å². The van der Waals surface area contributed by atoms with E-state index in [9.17, 15) is 4.79 Å². The zero-order valence-corrected chi connectivity index (χ0v) is 5.66. The van der Waals surface area contributed by atoms with E-state index >= 15 is 0 Å². The minimum absolute atomic E-state index is 0.0334. The molecule has 0 radical (unpaired) electrons. The van der Waals surface area contributed by atoms with E-state index in [-0.39, 0.29) is 12.0 Å². The van der Waals surface area contributed by atoms with Gasteiger partial charge in [0.15, 0.2) is 0 Å². The van der Waals surface area contributed by atoms with E-state index in [4.69, 9.17) is 10.8 Å². The summed E-state index contributed by atoms with van der Waals surface area (Å²) in [7, 11) is 0. The molecule has 0 fully saturated rings. The highest BCUT2D eigenvalue weighted by Gasteiger charge is 2.19. The minimum Gasteiger partial charge on any atom is -0.481 e. The van der Waals surface area contributed by atoms with Gasteiger partial charge in [0.1, 0.15) is 0 Å². The second-order valence-electron chi connectivity index (χ2n) is 2.60. The Kier molecular flexibility index (Phi) is 2.06. The molecule has 0 spiro atoms. The lowest BCUT2D eigenvalue weighted by molar-refractivity contribution is -0.140. The van der Waals surface area contributed by atoms with Crippen molar-refractivity contribution in [2.45, 2.75) is 18.9 Å². The molecule has 0 heterocycles. The van der Waals surface area contributed by atoms with Crippen LogP contribution in [0.2, 0.25) is 0 Å². The van der Waals surface area contributed by atoms with Gasteiger partial charge in [-0.05, 0) is 12.8 Å². The lowest BCUT2D eigenvalue weighted by atomic mass is 9.93. The van der Waals surface area contributed by atoms with Crippen LogP contribution in [-0.4, -0.2) is 17.1 Å². The first kappa shape index (κ1) is 7.28. The summed E-state index contributed by atoms with van der Waals surface area (Å²) >= 11 is 0. The van der Waals surface area contributed by atoms with Gasteiger partial charge in [-0.15, -0.1) is 0 Å². The Labute approximate surface area is 59.5 Å². The summed E-state index contributed by atoms with van der Waals surface area (Å²) in [6, 6.07) is 0.0334. The summed E-state index contributed by atoms with van der Waals surface area (Å²) < 4.78 is 0. The first-order chi connectivity index (χ1) is 4.70. The van der Waals surface area contributed by atoms with Crippen LogP contribution in [0.4, 0.5) is 0 Å². The van der Waals surface area contributed by atoms with Gasteiger partial charge in [-0.3, -0.25) is 4.79 Å². The molecule has 1 rings (SSSR count). The SMILES string of the molecule is NC1CC=CC(C(=O)O)C1. The molecule has 0 aromatic rings. The number of carbonyl (C=O) groups is 1. The van der Waals surface area contributed by atoms with Gasteiger partial charge in [0.25, 0.3) is 0 Å². The Hall–Kier alpha value is -0.830. The van der Waals surface area contributed by atoms with Crippen molar-refractivity contribution in [1.29, 1.82) is 0 Å². The number of rotatable bonds is 1. The van der Waals surface area contributed by atoms with Crippen molar-refractivity contribution in [2.24, 2.45) is 11.7 Å². The van der Waals surface area contributed by atoms with Gasteiger partial charge >= 0.3 is 5.97 Å². The van der Waals surface area contributed by atoms with Crippen molar-refractivity contribution in [3.05, 3.63) is 12.2 Å². The minimum atomic E-state index is -0.772. The molecule has 0 aromatic carbocycles. The van der Waals surface area contributed by atoms with Gasteiger partial charge in [0.05, 0.1) is 5.92 Å². The second-order valence-corrected chi connectivity index (χ2v) is 2.60. The number of aliphatic carboxylic acids is 1. The largest absolute Gasteiger partial charge is 0.481 e. The van der Waals surface area contributed by atoms with E-state index in [2.05, 4.69) is 0 Å². The second kappa shape index (κ2) is 2.84. The van der Waals surface area contributed by atoms with Crippen molar-refractivity contribution < 1.29 is 9.90 Å². The molecular formula is C7H11NO2. The molecule has 0 amide bonds. The molecule has 3 N–H and O–H groups in total. The topological polar surface area (TPSA) is 63.3 Å². The lowest BCUT2D eigenvalue weighted by Gasteiger charge is -2.17. The van der Waals surface area contributed by atoms with Crippen molar-refractivity contribution in [3.8, 4) is 0 Å². The summed E-state index contributed by atoms with van der Waals surface area (Å²) in [5.41, 5.74) is 5.55. The number of carboxylic acids is 1. The molecule has 0 saturated heterocycles. The highest BCUT2D eigenvalue weighted by molar-refractivity contribution is 5.72. The van der Waals surface area contributed by atoms with Crippen LogP contribution in [0.15, 0.2) is 12.2 Å². The van der Waals surface area contributed by atoms with Crippen LogP contribution in [-0.2, 0) is 4.79 Å². The molecule has 0 bridgehead atoms. The number of nitrogens with two attached hydrogens (primary N) is 1. The zero-order chi connectivity index (χ0) is 7.56. The summed E-state index contributed by atoms with van der Waals surface area (Å²) in [5, 5.41) is 8.55. The van der Waals surface area contributed by atoms with E-state index in [0.717, 1.165) is 6.42 Å². The molecule has 3 nitrogen and oxygen atoms in total. The number of hydrogen-bond acceptors (Lipinski definition) is 2.